The predicted molar refractivity (Wildman–Crippen MR) is 103 cm³/mol. The Morgan fingerprint density at radius 1 is 1.19 bits per heavy atom. The molecule has 2 heterocycles. The zero-order valence-corrected chi connectivity index (χ0v) is 15.2. The number of carbonyl (C=O) groups is 1. The van der Waals surface area contributed by atoms with E-state index in [0.717, 1.165) is 33.8 Å². The van der Waals surface area contributed by atoms with Gasteiger partial charge in [-0.15, -0.1) is 0 Å². The summed E-state index contributed by atoms with van der Waals surface area (Å²) in [5, 5.41) is 3.04. The first-order valence-electron chi connectivity index (χ1n) is 8.80. The lowest BCUT2D eigenvalue weighted by molar-refractivity contribution is 0.0939. The first-order chi connectivity index (χ1) is 13.2. The molecule has 1 N–H and O–H groups in total. The maximum Gasteiger partial charge on any atom is 0.251 e. The second kappa shape index (κ2) is 7.11. The number of pyridine rings is 1. The van der Waals surface area contributed by atoms with Crippen molar-refractivity contribution in [1.29, 1.82) is 0 Å². The van der Waals surface area contributed by atoms with Crippen LogP contribution in [0.3, 0.4) is 0 Å². The van der Waals surface area contributed by atoms with Gasteiger partial charge in [-0.2, -0.15) is 0 Å². The normalized spacial score (nSPS) is 13.0. The van der Waals surface area contributed by atoms with Gasteiger partial charge in [0.15, 0.2) is 0 Å². The van der Waals surface area contributed by atoms with Crippen LogP contribution in [0.4, 0.5) is 0 Å². The molecular weight excluding hydrogens is 340 g/mol. The van der Waals surface area contributed by atoms with Gasteiger partial charge in [0.1, 0.15) is 18.1 Å². The van der Waals surface area contributed by atoms with Gasteiger partial charge in [-0.05, 0) is 53.9 Å². The van der Waals surface area contributed by atoms with Gasteiger partial charge in [0, 0.05) is 17.3 Å². The van der Waals surface area contributed by atoms with Crippen LogP contribution in [0.25, 0.3) is 11.1 Å². The van der Waals surface area contributed by atoms with Crippen LogP contribution < -0.4 is 14.8 Å². The molecule has 0 radical (unpaired) electrons. The number of carbonyl (C=O) groups excluding carboxylic acids is 1. The van der Waals surface area contributed by atoms with Crippen LogP contribution in [0.5, 0.6) is 11.5 Å². The SMILES string of the molecule is COc1cccc([C@@H](C)NC(=O)c2ccc3c(c2)COc2cnccc2-3)c1. The number of rotatable bonds is 4. The molecule has 5 nitrogen and oxygen atoms in total. The fourth-order valence-corrected chi connectivity index (χ4v) is 3.26. The standard InChI is InChI=1S/C22H20N2O3/c1-14(15-4-3-5-18(11-15)26-2)24-22(25)16-6-7-19-17(10-16)13-27-21-12-23-9-8-20(19)21/h3-12,14H,13H2,1-2H3,(H,24,25)/t14-/m1/s1. The summed E-state index contributed by atoms with van der Waals surface area (Å²) in [7, 11) is 1.63. The summed E-state index contributed by atoms with van der Waals surface area (Å²) in [6.07, 6.45) is 3.46. The highest BCUT2D eigenvalue weighted by molar-refractivity contribution is 5.95. The van der Waals surface area contributed by atoms with Gasteiger partial charge >= 0.3 is 0 Å². The molecule has 5 heteroatoms. The quantitative estimate of drug-likeness (QED) is 0.760. The molecule has 1 aliphatic rings. The minimum absolute atomic E-state index is 0.117. The fourth-order valence-electron chi connectivity index (χ4n) is 3.26. The van der Waals surface area contributed by atoms with Gasteiger partial charge < -0.3 is 14.8 Å². The molecule has 1 aliphatic heterocycles. The third-order valence-corrected chi connectivity index (χ3v) is 4.77. The third-order valence-electron chi connectivity index (χ3n) is 4.77. The van der Waals surface area contributed by atoms with Crippen molar-refractivity contribution < 1.29 is 14.3 Å². The summed E-state index contributed by atoms with van der Waals surface area (Å²) in [5.41, 5.74) is 4.68. The number of hydrogen-bond acceptors (Lipinski definition) is 4. The predicted octanol–water partition coefficient (Wildman–Crippen LogP) is 4.14. The number of aromatic nitrogens is 1. The van der Waals surface area contributed by atoms with Gasteiger partial charge in [-0.3, -0.25) is 9.78 Å². The smallest absolute Gasteiger partial charge is 0.251 e. The molecule has 1 aromatic heterocycles. The molecule has 0 saturated carbocycles. The lowest BCUT2D eigenvalue weighted by Crippen LogP contribution is -2.27. The summed E-state index contributed by atoms with van der Waals surface area (Å²) >= 11 is 0. The van der Waals surface area contributed by atoms with E-state index in [1.54, 1.807) is 19.5 Å². The Balaban J connectivity index is 1.55. The van der Waals surface area contributed by atoms with Crippen molar-refractivity contribution in [2.24, 2.45) is 0 Å². The lowest BCUT2D eigenvalue weighted by Gasteiger charge is -2.21. The maximum absolute atomic E-state index is 12.7. The van der Waals surface area contributed by atoms with E-state index in [0.29, 0.717) is 12.2 Å². The Hall–Kier alpha value is -3.34. The highest BCUT2D eigenvalue weighted by atomic mass is 16.5. The van der Waals surface area contributed by atoms with E-state index in [2.05, 4.69) is 10.3 Å². The van der Waals surface area contributed by atoms with E-state index >= 15 is 0 Å². The van der Waals surface area contributed by atoms with Crippen molar-refractivity contribution in [2.45, 2.75) is 19.6 Å². The van der Waals surface area contributed by atoms with Crippen LogP contribution in [0.2, 0.25) is 0 Å². The van der Waals surface area contributed by atoms with E-state index < -0.39 is 0 Å². The average molecular weight is 360 g/mol. The van der Waals surface area contributed by atoms with Crippen molar-refractivity contribution in [3.05, 3.63) is 77.6 Å². The van der Waals surface area contributed by atoms with Crippen molar-refractivity contribution >= 4 is 5.91 Å². The van der Waals surface area contributed by atoms with Crippen LogP contribution >= 0.6 is 0 Å². The summed E-state index contributed by atoms with van der Waals surface area (Å²) in [6, 6.07) is 15.2. The second-order valence-corrected chi connectivity index (χ2v) is 6.50. The lowest BCUT2D eigenvalue weighted by atomic mass is 9.96. The number of fused-ring (bicyclic) bond motifs is 3. The van der Waals surface area contributed by atoms with E-state index in [1.807, 2.05) is 55.5 Å². The number of benzene rings is 2. The Bertz CT molecular complexity index is 1000. The Labute approximate surface area is 158 Å². The molecule has 0 aliphatic carbocycles. The molecule has 4 rings (SSSR count). The molecule has 0 saturated heterocycles. The molecule has 1 atom stereocenters. The van der Waals surface area contributed by atoms with Gasteiger partial charge in [0.05, 0.1) is 19.3 Å². The molecular formula is C22H20N2O3. The van der Waals surface area contributed by atoms with Gasteiger partial charge in [0.2, 0.25) is 0 Å². The number of nitrogens with one attached hydrogen (secondary N) is 1. The fraction of sp³-hybridized carbons (Fsp3) is 0.182. The Morgan fingerprint density at radius 2 is 2.07 bits per heavy atom. The van der Waals surface area contributed by atoms with Crippen LogP contribution in [0.1, 0.15) is 34.5 Å². The van der Waals surface area contributed by atoms with Crippen molar-refractivity contribution in [1.82, 2.24) is 10.3 Å². The van der Waals surface area contributed by atoms with Crippen LogP contribution in [-0.4, -0.2) is 18.0 Å². The van der Waals surface area contributed by atoms with Gasteiger partial charge in [-0.1, -0.05) is 18.2 Å². The molecule has 2 aromatic carbocycles. The topological polar surface area (TPSA) is 60.5 Å². The van der Waals surface area contributed by atoms with Crippen LogP contribution in [0.15, 0.2) is 60.9 Å². The second-order valence-electron chi connectivity index (χ2n) is 6.50. The Morgan fingerprint density at radius 3 is 2.93 bits per heavy atom. The number of ether oxygens (including phenoxy) is 2. The molecule has 0 spiro atoms. The minimum Gasteiger partial charge on any atom is -0.497 e. The third kappa shape index (κ3) is 3.36. The zero-order chi connectivity index (χ0) is 18.8. The number of methoxy groups -OCH3 is 1. The Kier molecular flexibility index (Phi) is 4.50. The van der Waals surface area contributed by atoms with Gasteiger partial charge in [-0.25, -0.2) is 0 Å². The van der Waals surface area contributed by atoms with E-state index in [9.17, 15) is 4.79 Å². The summed E-state index contributed by atoms with van der Waals surface area (Å²) < 4.78 is 11.0. The minimum atomic E-state index is -0.133. The van der Waals surface area contributed by atoms with Gasteiger partial charge in [0.25, 0.3) is 5.91 Å². The molecule has 3 aromatic rings. The average Bonchev–Trinajstić information content (AvgIpc) is 2.73. The van der Waals surface area contributed by atoms with Crippen molar-refractivity contribution in [2.75, 3.05) is 7.11 Å². The highest BCUT2D eigenvalue weighted by Crippen LogP contribution is 2.36. The molecule has 0 fully saturated rings. The zero-order valence-electron chi connectivity index (χ0n) is 15.2. The molecule has 0 bridgehead atoms. The molecule has 136 valence electrons. The summed E-state index contributed by atoms with van der Waals surface area (Å²) in [4.78, 5) is 16.8. The monoisotopic (exact) mass is 360 g/mol. The van der Waals surface area contributed by atoms with E-state index in [-0.39, 0.29) is 11.9 Å². The van der Waals surface area contributed by atoms with Crippen molar-refractivity contribution in [3.8, 4) is 22.6 Å². The number of amides is 1. The first kappa shape index (κ1) is 17.1. The number of hydrogen-bond donors (Lipinski definition) is 1. The first-order valence-corrected chi connectivity index (χ1v) is 8.80. The van der Waals surface area contributed by atoms with E-state index in [1.165, 1.54) is 0 Å². The molecule has 1 amide bonds. The van der Waals surface area contributed by atoms with Crippen molar-refractivity contribution in [3.63, 3.8) is 0 Å². The molecule has 27 heavy (non-hydrogen) atoms. The largest absolute Gasteiger partial charge is 0.497 e. The maximum atomic E-state index is 12.7. The summed E-state index contributed by atoms with van der Waals surface area (Å²) in [6.45, 7) is 2.39. The van der Waals surface area contributed by atoms with Crippen LogP contribution in [-0.2, 0) is 6.61 Å². The van der Waals surface area contributed by atoms with E-state index in [4.69, 9.17) is 9.47 Å². The number of nitrogens with zero attached hydrogens (tertiary/aromatic N) is 1. The summed E-state index contributed by atoms with van der Waals surface area (Å²) in [5.74, 6) is 1.43. The van der Waals surface area contributed by atoms with Crippen LogP contribution in [0, 0.1) is 0 Å². The molecule has 0 unspecified atom stereocenters. The highest BCUT2D eigenvalue weighted by Gasteiger charge is 2.19.